The molecule has 0 fully saturated rings. The minimum atomic E-state index is -0.595. The second kappa shape index (κ2) is 8.08. The van der Waals surface area contributed by atoms with Crippen molar-refractivity contribution in [3.63, 3.8) is 0 Å². The number of rotatable bonds is 7. The summed E-state index contributed by atoms with van der Waals surface area (Å²) in [4.78, 5) is 15.7. The van der Waals surface area contributed by atoms with Crippen molar-refractivity contribution < 1.29 is 14.3 Å². The molecule has 2 aromatic rings. The number of hydrogen-bond donors (Lipinski definition) is 2. The number of aryl methyl sites for hydroxylation is 2. The molecule has 3 rings (SSSR count). The van der Waals surface area contributed by atoms with E-state index in [0.717, 1.165) is 22.4 Å². The van der Waals surface area contributed by atoms with Gasteiger partial charge in [0, 0.05) is 31.8 Å². The molecule has 8 heteroatoms. The van der Waals surface area contributed by atoms with Crippen LogP contribution >= 0.6 is 0 Å². The van der Waals surface area contributed by atoms with E-state index in [1.165, 1.54) is 6.20 Å². The maximum atomic E-state index is 11.3. The average Bonchev–Trinajstić information content (AvgIpc) is 3.13. The van der Waals surface area contributed by atoms with Gasteiger partial charge in [0.25, 0.3) is 5.91 Å². The zero-order valence-corrected chi connectivity index (χ0v) is 17.2. The molecule has 1 amide bonds. The summed E-state index contributed by atoms with van der Waals surface area (Å²) in [6.07, 6.45) is 8.36. The summed E-state index contributed by atoms with van der Waals surface area (Å²) in [5.74, 6) is 0.727. The van der Waals surface area contributed by atoms with E-state index >= 15 is 0 Å². The van der Waals surface area contributed by atoms with Gasteiger partial charge in [-0.15, -0.1) is 0 Å². The van der Waals surface area contributed by atoms with Gasteiger partial charge in [-0.3, -0.25) is 9.48 Å². The number of ether oxygens (including phenoxy) is 2. The number of methoxy groups -OCH3 is 2. The van der Waals surface area contributed by atoms with Gasteiger partial charge in [0.15, 0.2) is 0 Å². The highest BCUT2D eigenvalue weighted by atomic mass is 16.5. The Balaban J connectivity index is 1.90. The Hall–Kier alpha value is -3.13. The van der Waals surface area contributed by atoms with Crippen molar-refractivity contribution in [2.75, 3.05) is 20.0 Å². The monoisotopic (exact) mass is 397 g/mol. The number of hydrogen-bond acceptors (Lipinski definition) is 6. The minimum Gasteiger partial charge on any atom is -0.497 e. The molecular weight excluding hydrogens is 370 g/mol. The first-order valence-electron chi connectivity index (χ1n) is 9.31. The van der Waals surface area contributed by atoms with E-state index in [-0.39, 0.29) is 0 Å². The standard InChI is InChI=1S/C21H27N5O3/c1-13-5-19(22)25-14(2)18(13)9-21(29-4)7-15(6-17(8-21)28-3)11-26-12-16(10-24-26)20(23)27/h5-6,8,10,12H,7,9,11H2,1-4H3,(H2,22,25)(H2,23,27). The Labute approximate surface area is 170 Å². The Bertz CT molecular complexity index is 969. The molecule has 4 N–H and O–H groups in total. The van der Waals surface area contributed by atoms with Crippen molar-refractivity contribution in [1.82, 2.24) is 14.8 Å². The maximum absolute atomic E-state index is 11.3. The summed E-state index contributed by atoms with van der Waals surface area (Å²) in [6.45, 7) is 4.48. The first kappa shape index (κ1) is 20.6. The normalized spacial score (nSPS) is 18.9. The Kier molecular flexibility index (Phi) is 5.74. The van der Waals surface area contributed by atoms with Gasteiger partial charge >= 0.3 is 0 Å². The van der Waals surface area contributed by atoms with Crippen LogP contribution in [0.25, 0.3) is 0 Å². The van der Waals surface area contributed by atoms with Crippen LogP contribution in [0.1, 0.15) is 33.6 Å². The largest absolute Gasteiger partial charge is 0.497 e. The number of aromatic nitrogens is 3. The molecule has 0 aromatic carbocycles. The SMILES string of the molecule is COC1=CC(Cc2c(C)cc(N)nc2C)(OC)CC(Cn2cc(C(N)=O)cn2)=C1. The van der Waals surface area contributed by atoms with E-state index in [4.69, 9.17) is 20.9 Å². The van der Waals surface area contributed by atoms with Gasteiger partial charge in [-0.25, -0.2) is 4.98 Å². The van der Waals surface area contributed by atoms with Gasteiger partial charge in [-0.1, -0.05) is 0 Å². The first-order chi connectivity index (χ1) is 13.7. The van der Waals surface area contributed by atoms with Crippen molar-refractivity contribution in [2.24, 2.45) is 5.73 Å². The summed E-state index contributed by atoms with van der Waals surface area (Å²) in [5.41, 5.74) is 15.1. The molecule has 2 heterocycles. The Morgan fingerprint density at radius 1 is 1.34 bits per heavy atom. The molecule has 1 aliphatic carbocycles. The van der Waals surface area contributed by atoms with Gasteiger partial charge in [-0.2, -0.15) is 5.10 Å². The fourth-order valence-electron chi connectivity index (χ4n) is 3.76. The molecule has 0 spiro atoms. The number of carbonyl (C=O) groups excluding carboxylic acids is 1. The molecule has 0 bridgehead atoms. The molecule has 2 aromatic heterocycles. The number of allylic oxidation sites excluding steroid dienone is 1. The topological polar surface area (TPSA) is 118 Å². The Morgan fingerprint density at radius 2 is 2.10 bits per heavy atom. The number of nitrogens with zero attached hydrogens (tertiary/aromatic N) is 3. The van der Waals surface area contributed by atoms with Crippen LogP contribution < -0.4 is 11.5 Å². The van der Waals surface area contributed by atoms with Crippen LogP contribution in [0.5, 0.6) is 0 Å². The van der Waals surface area contributed by atoms with Gasteiger partial charge in [0.2, 0.25) is 0 Å². The summed E-state index contributed by atoms with van der Waals surface area (Å²) in [5, 5.41) is 4.23. The van der Waals surface area contributed by atoms with Crippen LogP contribution in [0.4, 0.5) is 5.82 Å². The lowest BCUT2D eigenvalue weighted by molar-refractivity contribution is 0.0264. The number of pyridine rings is 1. The van der Waals surface area contributed by atoms with Crippen molar-refractivity contribution in [1.29, 1.82) is 0 Å². The van der Waals surface area contributed by atoms with Crippen molar-refractivity contribution in [3.05, 3.63) is 64.3 Å². The molecule has 0 saturated carbocycles. The van der Waals surface area contributed by atoms with Crippen LogP contribution in [-0.4, -0.2) is 40.5 Å². The lowest BCUT2D eigenvalue weighted by Gasteiger charge is -2.34. The summed E-state index contributed by atoms with van der Waals surface area (Å²) < 4.78 is 13.2. The minimum absolute atomic E-state index is 0.376. The number of carbonyl (C=O) groups is 1. The van der Waals surface area contributed by atoms with Gasteiger partial charge in [-0.05, 0) is 48.8 Å². The molecule has 0 radical (unpaired) electrons. The van der Waals surface area contributed by atoms with E-state index < -0.39 is 11.5 Å². The average molecular weight is 397 g/mol. The third-order valence-electron chi connectivity index (χ3n) is 5.25. The second-order valence-electron chi connectivity index (χ2n) is 7.39. The van der Waals surface area contributed by atoms with E-state index in [0.29, 0.717) is 36.5 Å². The van der Waals surface area contributed by atoms with Gasteiger partial charge < -0.3 is 20.9 Å². The number of amides is 1. The number of nitrogen functional groups attached to an aromatic ring is 1. The lowest BCUT2D eigenvalue weighted by Crippen LogP contribution is -2.36. The zero-order valence-electron chi connectivity index (χ0n) is 17.2. The number of nitrogens with two attached hydrogens (primary N) is 2. The van der Waals surface area contributed by atoms with Crippen LogP contribution in [-0.2, 0) is 22.4 Å². The van der Waals surface area contributed by atoms with Crippen molar-refractivity contribution in [2.45, 2.75) is 38.8 Å². The van der Waals surface area contributed by atoms with E-state index in [2.05, 4.69) is 10.1 Å². The van der Waals surface area contributed by atoms with Crippen LogP contribution in [0.15, 0.2) is 41.9 Å². The third kappa shape index (κ3) is 4.48. The molecule has 1 unspecified atom stereocenters. The smallest absolute Gasteiger partial charge is 0.251 e. The molecule has 154 valence electrons. The molecule has 1 atom stereocenters. The van der Waals surface area contributed by atoms with E-state index in [1.54, 1.807) is 25.1 Å². The zero-order chi connectivity index (χ0) is 21.2. The molecule has 8 nitrogen and oxygen atoms in total. The van der Waals surface area contributed by atoms with Crippen LogP contribution in [0, 0.1) is 13.8 Å². The maximum Gasteiger partial charge on any atom is 0.251 e. The molecule has 29 heavy (non-hydrogen) atoms. The van der Waals surface area contributed by atoms with Crippen LogP contribution in [0.2, 0.25) is 0 Å². The summed E-state index contributed by atoms with van der Waals surface area (Å²) in [6, 6.07) is 1.88. The van der Waals surface area contributed by atoms with Gasteiger partial charge in [0.05, 0.1) is 31.0 Å². The predicted octanol–water partition coefficient (Wildman–Crippen LogP) is 2.06. The quantitative estimate of drug-likeness (QED) is 0.738. The van der Waals surface area contributed by atoms with Gasteiger partial charge in [0.1, 0.15) is 11.6 Å². The second-order valence-corrected chi connectivity index (χ2v) is 7.39. The molecule has 1 aliphatic rings. The fourth-order valence-corrected chi connectivity index (χ4v) is 3.76. The Morgan fingerprint density at radius 3 is 2.69 bits per heavy atom. The number of primary amides is 1. The molecule has 0 saturated heterocycles. The van der Waals surface area contributed by atoms with E-state index in [9.17, 15) is 4.79 Å². The van der Waals surface area contributed by atoms with Crippen molar-refractivity contribution in [3.8, 4) is 0 Å². The molecule has 0 aliphatic heterocycles. The first-order valence-corrected chi connectivity index (χ1v) is 9.31. The molecular formula is C21H27N5O3. The summed E-state index contributed by atoms with van der Waals surface area (Å²) >= 11 is 0. The lowest BCUT2D eigenvalue weighted by atomic mass is 9.82. The highest BCUT2D eigenvalue weighted by Crippen LogP contribution is 2.35. The van der Waals surface area contributed by atoms with Crippen LogP contribution in [0.3, 0.4) is 0 Å². The summed E-state index contributed by atoms with van der Waals surface area (Å²) in [7, 11) is 3.33. The van der Waals surface area contributed by atoms with E-state index in [1.807, 2.05) is 32.1 Å². The predicted molar refractivity (Wildman–Crippen MR) is 110 cm³/mol. The number of anilines is 1. The highest BCUT2D eigenvalue weighted by molar-refractivity contribution is 5.92. The van der Waals surface area contributed by atoms with Crippen molar-refractivity contribution >= 4 is 11.7 Å². The third-order valence-corrected chi connectivity index (χ3v) is 5.25. The highest BCUT2D eigenvalue weighted by Gasteiger charge is 2.34. The fraction of sp³-hybridized carbons (Fsp3) is 0.381.